The number of imide groups is 1. The molecule has 2 fully saturated rings. The highest BCUT2D eigenvalue weighted by Crippen LogP contribution is 2.50. The van der Waals surface area contributed by atoms with Crippen molar-refractivity contribution in [3.63, 3.8) is 0 Å². The highest BCUT2D eigenvalue weighted by Gasteiger charge is 2.56. The van der Waals surface area contributed by atoms with E-state index in [1.807, 2.05) is 93.0 Å². The van der Waals surface area contributed by atoms with Crippen LogP contribution in [0.15, 0.2) is 78.9 Å². The first-order valence-corrected chi connectivity index (χ1v) is 20.6. The van der Waals surface area contributed by atoms with E-state index in [-0.39, 0.29) is 38.3 Å². The topological polar surface area (TPSA) is 161 Å². The first kappa shape index (κ1) is 46.2. The molecule has 2 unspecified atom stereocenters. The number of carbonyl (C=O) groups excluding carboxylic acids is 3. The van der Waals surface area contributed by atoms with Crippen LogP contribution in [0.5, 0.6) is 11.5 Å². The summed E-state index contributed by atoms with van der Waals surface area (Å²) in [6.45, 7) is 8.40. The Morgan fingerprint density at radius 2 is 1.50 bits per heavy atom. The van der Waals surface area contributed by atoms with Gasteiger partial charge in [-0.15, -0.1) is 0 Å². The summed E-state index contributed by atoms with van der Waals surface area (Å²) in [4.78, 5) is 40.0. The highest BCUT2D eigenvalue weighted by atomic mass is 31.2. The lowest BCUT2D eigenvalue weighted by atomic mass is 9.80. The number of nitrogens with zero attached hydrogens (tertiary/aromatic N) is 3. The van der Waals surface area contributed by atoms with Gasteiger partial charge in [-0.05, 0) is 68.7 Å². The van der Waals surface area contributed by atoms with Crippen LogP contribution in [0.3, 0.4) is 0 Å². The van der Waals surface area contributed by atoms with E-state index in [4.69, 9.17) is 28.0 Å². The quantitative estimate of drug-likeness (QED) is 0.0803. The molecule has 5 rings (SSSR count). The Bertz CT molecular complexity index is 1900. The summed E-state index contributed by atoms with van der Waals surface area (Å²) in [5.41, 5.74) is 0.536. The molecule has 2 N–H and O–H groups in total. The van der Waals surface area contributed by atoms with E-state index in [2.05, 4.69) is 10.6 Å². The zero-order valence-corrected chi connectivity index (χ0v) is 35.4. The number of amides is 4. The Morgan fingerprint density at radius 3 is 2.00 bits per heavy atom. The molecule has 0 aliphatic carbocycles. The molecule has 0 spiro atoms. The van der Waals surface area contributed by atoms with Crippen LogP contribution in [0.2, 0.25) is 0 Å². The number of hydrogen-bond acceptors (Lipinski definition) is 11. The Kier molecular flexibility index (Phi) is 15.5. The van der Waals surface area contributed by atoms with E-state index < -0.39 is 68.5 Å². The van der Waals surface area contributed by atoms with E-state index in [1.54, 1.807) is 45.4 Å². The normalized spacial score (nSPS) is 21.5. The second-order valence-electron chi connectivity index (χ2n) is 14.8. The minimum absolute atomic E-state index is 0.0139. The summed E-state index contributed by atoms with van der Waals surface area (Å²) in [5, 5.41) is 13.7. The maximum Gasteiger partial charge on any atom is 0.471 e. The fourth-order valence-electron chi connectivity index (χ4n) is 7.32. The minimum Gasteiger partial charge on any atom is -0.497 e. The number of nitrogens with one attached hydrogen (secondary N) is 2. The van der Waals surface area contributed by atoms with Gasteiger partial charge in [0.05, 0.1) is 45.8 Å². The minimum atomic E-state index is -5.34. The maximum absolute atomic E-state index is 14.1. The maximum atomic E-state index is 14.1. The van der Waals surface area contributed by atoms with Crippen molar-refractivity contribution in [2.45, 2.75) is 89.4 Å². The molecular weight excluding hydrogens is 806 g/mol. The number of benzene rings is 3. The van der Waals surface area contributed by atoms with Crippen molar-refractivity contribution in [1.29, 1.82) is 5.26 Å². The molecule has 2 saturated heterocycles. The first-order chi connectivity index (χ1) is 28.5. The Morgan fingerprint density at radius 1 is 0.950 bits per heavy atom. The van der Waals surface area contributed by atoms with Gasteiger partial charge < -0.3 is 33.3 Å². The zero-order chi connectivity index (χ0) is 43.8. The summed E-state index contributed by atoms with van der Waals surface area (Å²) in [6.07, 6.45) is -9.69. The van der Waals surface area contributed by atoms with E-state index in [0.717, 1.165) is 4.90 Å². The molecule has 14 nitrogen and oxygen atoms in total. The van der Waals surface area contributed by atoms with Crippen molar-refractivity contribution in [3.05, 3.63) is 95.6 Å². The van der Waals surface area contributed by atoms with Gasteiger partial charge in [-0.1, -0.05) is 61.5 Å². The molecule has 6 atom stereocenters. The van der Waals surface area contributed by atoms with Crippen molar-refractivity contribution < 1.29 is 55.5 Å². The SMILES string of the molecule is COc1ccc(C(OC[C@H]2O[C@@H](N3CC(C)C(=O)NC3=O)[C@H](NC(=O)C(F)(F)F)[C@@H]2OP(OCCC#N)N(C(C)C)C(C)C)(c2ccccc2)c2ccc(OC)cc2)cc1. The standard InChI is InChI=1S/C42H51F3N5O9P/c1-26(2)50(27(3)4)60(57-23-11-22-46)59-36-34(58-38(35(36)47-39(52)42(43,44)45)49-24-28(5)37(51)48-40(49)53)25-56-41(29-12-9-8-10-13-29,30-14-18-32(54-6)19-15-30)31-16-20-33(55-7)21-17-31/h8-10,12-21,26-28,34-36,38H,11,23-25H2,1-7H3,(H,47,52)(H,48,51,53)/t28?,34-,35-,36-,38-,60?/m1/s1. The molecule has 4 amide bonds. The van der Waals surface area contributed by atoms with E-state index in [1.165, 1.54) is 0 Å². The molecule has 0 bridgehead atoms. The summed E-state index contributed by atoms with van der Waals surface area (Å²) in [7, 11) is 0.918. The molecule has 0 aromatic heterocycles. The molecular formula is C42H51F3N5O9P. The number of rotatable bonds is 18. The first-order valence-electron chi connectivity index (χ1n) is 19.4. The van der Waals surface area contributed by atoms with Crippen LogP contribution in [0.1, 0.15) is 57.7 Å². The van der Waals surface area contributed by atoms with Crippen molar-refractivity contribution in [2.24, 2.45) is 5.92 Å². The van der Waals surface area contributed by atoms with Crippen LogP contribution < -0.4 is 20.1 Å². The summed E-state index contributed by atoms with van der Waals surface area (Å²) in [6, 6.07) is 22.7. The van der Waals surface area contributed by atoms with E-state index >= 15 is 0 Å². The third-order valence-corrected chi connectivity index (χ3v) is 12.3. The number of ether oxygens (including phenoxy) is 4. The molecule has 0 radical (unpaired) electrons. The second-order valence-corrected chi connectivity index (χ2v) is 16.2. The highest BCUT2D eigenvalue weighted by molar-refractivity contribution is 7.44. The van der Waals surface area contributed by atoms with Crippen LogP contribution in [0, 0.1) is 17.2 Å². The lowest BCUT2D eigenvalue weighted by Gasteiger charge is -2.40. The molecule has 3 aromatic rings. The van der Waals surface area contributed by atoms with Crippen LogP contribution in [0.4, 0.5) is 18.0 Å². The second kappa shape index (κ2) is 20.2. The van der Waals surface area contributed by atoms with Crippen molar-refractivity contribution in [1.82, 2.24) is 20.2 Å². The number of halogens is 3. The van der Waals surface area contributed by atoms with Crippen LogP contribution in [-0.2, 0) is 33.7 Å². The van der Waals surface area contributed by atoms with Crippen molar-refractivity contribution in [2.75, 3.05) is 34.0 Å². The molecule has 60 heavy (non-hydrogen) atoms. The van der Waals surface area contributed by atoms with Crippen molar-refractivity contribution in [3.8, 4) is 17.6 Å². The van der Waals surface area contributed by atoms with Gasteiger partial charge in [-0.3, -0.25) is 19.8 Å². The molecule has 2 aliphatic heterocycles. The third-order valence-electron chi connectivity index (χ3n) is 10.1. The summed E-state index contributed by atoms with van der Waals surface area (Å²) in [5.74, 6) is -2.51. The number of carbonyl (C=O) groups is 3. The molecule has 3 aromatic carbocycles. The fraction of sp³-hybridized carbons (Fsp3) is 0.476. The average Bonchev–Trinajstić information content (AvgIpc) is 3.55. The van der Waals surface area contributed by atoms with Crippen LogP contribution >= 0.6 is 8.53 Å². The van der Waals surface area contributed by atoms with Gasteiger partial charge in [0.1, 0.15) is 35.3 Å². The zero-order valence-electron chi connectivity index (χ0n) is 34.5. The lowest BCUT2D eigenvalue weighted by Crippen LogP contribution is -2.63. The van der Waals surface area contributed by atoms with Gasteiger partial charge >= 0.3 is 18.1 Å². The molecule has 0 saturated carbocycles. The summed E-state index contributed by atoms with van der Waals surface area (Å²) >= 11 is 0. The average molecular weight is 858 g/mol. The monoisotopic (exact) mass is 857 g/mol. The third kappa shape index (κ3) is 10.4. The number of methoxy groups -OCH3 is 2. The predicted molar refractivity (Wildman–Crippen MR) is 214 cm³/mol. The number of nitriles is 1. The van der Waals surface area contributed by atoms with Crippen molar-refractivity contribution >= 4 is 26.4 Å². The van der Waals surface area contributed by atoms with Gasteiger partial charge in [-0.25, -0.2) is 9.46 Å². The van der Waals surface area contributed by atoms with E-state index in [0.29, 0.717) is 28.2 Å². The smallest absolute Gasteiger partial charge is 0.471 e. The molecule has 2 heterocycles. The van der Waals surface area contributed by atoms with Gasteiger partial charge in [0, 0.05) is 18.6 Å². The van der Waals surface area contributed by atoms with Gasteiger partial charge in [0.25, 0.3) is 8.53 Å². The lowest BCUT2D eigenvalue weighted by molar-refractivity contribution is -0.175. The van der Waals surface area contributed by atoms with Gasteiger partial charge in [-0.2, -0.15) is 18.4 Å². The predicted octanol–water partition coefficient (Wildman–Crippen LogP) is 6.63. The molecule has 324 valence electrons. The van der Waals surface area contributed by atoms with Crippen LogP contribution in [0.25, 0.3) is 0 Å². The van der Waals surface area contributed by atoms with E-state index in [9.17, 15) is 32.8 Å². The van der Waals surface area contributed by atoms with Crippen LogP contribution in [-0.4, -0.2) is 104 Å². The molecule has 18 heteroatoms. The Hall–Kier alpha value is -4.82. The van der Waals surface area contributed by atoms with Gasteiger partial charge in [0.15, 0.2) is 6.23 Å². The number of alkyl halides is 3. The van der Waals surface area contributed by atoms with Gasteiger partial charge in [0.2, 0.25) is 5.91 Å². The number of urea groups is 1. The summed E-state index contributed by atoms with van der Waals surface area (Å²) < 4.78 is 81.8. The largest absolute Gasteiger partial charge is 0.497 e. The number of hydrogen-bond donors (Lipinski definition) is 2. The Balaban J connectivity index is 1.69. The Labute approximate surface area is 349 Å². The fourth-order valence-corrected chi connectivity index (χ4v) is 9.10. The molecule has 2 aliphatic rings.